The number of nitrogens with zero attached hydrogens (tertiary/aromatic N) is 1. The fourth-order valence-electron chi connectivity index (χ4n) is 8.56. The molecular formula is C56H43NO. The second kappa shape index (κ2) is 14.4. The average Bonchev–Trinajstić information content (AvgIpc) is 3.65. The molecular weight excluding hydrogens is 703 g/mol. The van der Waals surface area contributed by atoms with Gasteiger partial charge in [-0.25, -0.2) is 0 Å². The van der Waals surface area contributed by atoms with Gasteiger partial charge in [-0.1, -0.05) is 191 Å². The van der Waals surface area contributed by atoms with Crippen molar-refractivity contribution >= 4 is 49.8 Å². The van der Waals surface area contributed by atoms with E-state index >= 15 is 0 Å². The lowest BCUT2D eigenvalue weighted by Gasteiger charge is -2.33. The Morgan fingerprint density at radius 1 is 0.362 bits per heavy atom. The first-order valence-corrected chi connectivity index (χ1v) is 20.1. The third-order valence-corrected chi connectivity index (χ3v) is 11.4. The SMILES string of the molecule is CC(C)(C)c1ccc(-c2ccccc2)c(N(c2ccccc2-c2ccc3c(c2)oc2ccccc23)c2ccccc2-c2cccc3cccc(-c4ccccc4)c23)c1. The summed E-state index contributed by atoms with van der Waals surface area (Å²) in [4.78, 5) is 2.51. The zero-order chi connectivity index (χ0) is 39.2. The molecule has 9 aromatic carbocycles. The van der Waals surface area contributed by atoms with Crippen LogP contribution in [0.5, 0.6) is 0 Å². The summed E-state index contributed by atoms with van der Waals surface area (Å²) in [5, 5.41) is 4.69. The number of para-hydroxylation sites is 3. The second-order valence-corrected chi connectivity index (χ2v) is 16.1. The van der Waals surface area contributed by atoms with Crippen molar-refractivity contribution in [2.45, 2.75) is 26.2 Å². The lowest BCUT2D eigenvalue weighted by atomic mass is 9.85. The van der Waals surface area contributed by atoms with Crippen molar-refractivity contribution < 1.29 is 4.42 Å². The van der Waals surface area contributed by atoms with Gasteiger partial charge in [0.25, 0.3) is 0 Å². The number of anilines is 3. The van der Waals surface area contributed by atoms with E-state index in [1.165, 1.54) is 33.0 Å². The van der Waals surface area contributed by atoms with Gasteiger partial charge in [0.2, 0.25) is 0 Å². The molecule has 0 saturated heterocycles. The number of hydrogen-bond donors (Lipinski definition) is 0. The van der Waals surface area contributed by atoms with Gasteiger partial charge in [0, 0.05) is 27.5 Å². The lowest BCUT2D eigenvalue weighted by molar-refractivity contribution is 0.590. The summed E-state index contributed by atoms with van der Waals surface area (Å²) in [6, 6.07) is 74.7. The molecule has 1 aromatic heterocycles. The third-order valence-electron chi connectivity index (χ3n) is 11.4. The summed E-state index contributed by atoms with van der Waals surface area (Å²) < 4.78 is 6.47. The highest BCUT2D eigenvalue weighted by Crippen LogP contribution is 2.50. The molecule has 0 aliphatic rings. The fraction of sp³-hybridized carbons (Fsp3) is 0.0714. The Labute approximate surface area is 340 Å². The van der Waals surface area contributed by atoms with Crippen LogP contribution in [0.4, 0.5) is 17.1 Å². The molecule has 2 heteroatoms. The van der Waals surface area contributed by atoms with Crippen molar-refractivity contribution in [1.82, 2.24) is 0 Å². The number of rotatable bonds is 7. The number of benzene rings is 9. The molecule has 0 aliphatic heterocycles. The normalized spacial score (nSPS) is 11.7. The van der Waals surface area contributed by atoms with Crippen LogP contribution in [0.2, 0.25) is 0 Å². The molecule has 0 spiro atoms. The van der Waals surface area contributed by atoms with Gasteiger partial charge in [-0.15, -0.1) is 0 Å². The molecule has 0 bridgehead atoms. The van der Waals surface area contributed by atoms with Gasteiger partial charge in [0.1, 0.15) is 11.2 Å². The highest BCUT2D eigenvalue weighted by atomic mass is 16.3. The minimum absolute atomic E-state index is 0.0821. The van der Waals surface area contributed by atoms with Crippen LogP contribution in [-0.4, -0.2) is 0 Å². The Hall–Kier alpha value is -7.16. The fourth-order valence-corrected chi connectivity index (χ4v) is 8.56. The van der Waals surface area contributed by atoms with Crippen LogP contribution in [-0.2, 0) is 5.41 Å². The van der Waals surface area contributed by atoms with Crippen molar-refractivity contribution in [2.24, 2.45) is 0 Å². The number of fused-ring (bicyclic) bond motifs is 4. The van der Waals surface area contributed by atoms with E-state index in [0.29, 0.717) is 0 Å². The van der Waals surface area contributed by atoms with Crippen LogP contribution in [0.15, 0.2) is 211 Å². The van der Waals surface area contributed by atoms with E-state index in [9.17, 15) is 0 Å². The van der Waals surface area contributed by atoms with Crippen LogP contribution in [0.25, 0.3) is 77.2 Å². The zero-order valence-electron chi connectivity index (χ0n) is 33.0. The molecule has 0 fully saturated rings. The average molecular weight is 746 g/mol. The predicted molar refractivity (Wildman–Crippen MR) is 246 cm³/mol. The molecule has 0 amide bonds. The Kier molecular flexibility index (Phi) is 8.76. The number of hydrogen-bond acceptors (Lipinski definition) is 2. The predicted octanol–water partition coefficient (Wildman–Crippen LogP) is 16.2. The molecule has 58 heavy (non-hydrogen) atoms. The van der Waals surface area contributed by atoms with Crippen molar-refractivity contribution in [3.63, 3.8) is 0 Å². The van der Waals surface area contributed by atoms with E-state index < -0.39 is 0 Å². The molecule has 0 aliphatic carbocycles. The Bertz CT molecular complexity index is 3090. The van der Waals surface area contributed by atoms with E-state index in [2.05, 4.69) is 220 Å². The quantitative estimate of drug-likeness (QED) is 0.162. The maximum atomic E-state index is 6.47. The first kappa shape index (κ1) is 35.3. The monoisotopic (exact) mass is 745 g/mol. The summed E-state index contributed by atoms with van der Waals surface area (Å²) in [6.07, 6.45) is 0. The molecule has 0 radical (unpaired) electrons. The van der Waals surface area contributed by atoms with Gasteiger partial charge in [-0.05, 0) is 86.0 Å². The van der Waals surface area contributed by atoms with E-state index in [1.807, 2.05) is 12.1 Å². The summed E-state index contributed by atoms with van der Waals surface area (Å²) in [7, 11) is 0. The Morgan fingerprint density at radius 2 is 0.914 bits per heavy atom. The van der Waals surface area contributed by atoms with Crippen LogP contribution < -0.4 is 4.90 Å². The molecule has 1 heterocycles. The molecule has 2 nitrogen and oxygen atoms in total. The van der Waals surface area contributed by atoms with E-state index in [4.69, 9.17) is 4.42 Å². The number of furan rings is 1. The highest BCUT2D eigenvalue weighted by molar-refractivity contribution is 6.10. The van der Waals surface area contributed by atoms with E-state index in [1.54, 1.807) is 0 Å². The topological polar surface area (TPSA) is 16.4 Å². The second-order valence-electron chi connectivity index (χ2n) is 16.1. The minimum Gasteiger partial charge on any atom is -0.456 e. The Morgan fingerprint density at radius 3 is 1.64 bits per heavy atom. The largest absolute Gasteiger partial charge is 0.456 e. The van der Waals surface area contributed by atoms with Crippen molar-refractivity contribution in [3.05, 3.63) is 212 Å². The molecule has 278 valence electrons. The maximum absolute atomic E-state index is 6.47. The van der Waals surface area contributed by atoms with E-state index in [-0.39, 0.29) is 5.41 Å². The first-order valence-electron chi connectivity index (χ1n) is 20.1. The summed E-state index contributed by atoms with van der Waals surface area (Å²) >= 11 is 0. The van der Waals surface area contributed by atoms with E-state index in [0.717, 1.165) is 66.8 Å². The lowest BCUT2D eigenvalue weighted by Crippen LogP contribution is -2.16. The molecule has 0 N–H and O–H groups in total. The summed E-state index contributed by atoms with van der Waals surface area (Å²) in [5.41, 5.74) is 15.5. The molecule has 10 rings (SSSR count). The van der Waals surface area contributed by atoms with Crippen molar-refractivity contribution in [2.75, 3.05) is 4.90 Å². The third kappa shape index (κ3) is 6.24. The zero-order valence-corrected chi connectivity index (χ0v) is 33.0. The maximum Gasteiger partial charge on any atom is 0.136 e. The first-order chi connectivity index (χ1) is 28.4. The summed E-state index contributed by atoms with van der Waals surface area (Å²) in [6.45, 7) is 6.89. The van der Waals surface area contributed by atoms with Crippen molar-refractivity contribution in [1.29, 1.82) is 0 Å². The van der Waals surface area contributed by atoms with Crippen LogP contribution in [0, 0.1) is 0 Å². The molecule has 0 saturated carbocycles. The van der Waals surface area contributed by atoms with Gasteiger partial charge in [-0.2, -0.15) is 0 Å². The standard InChI is InChI=1S/C56H43NO/c1-56(2,3)42-33-35-44(38-18-6-4-7-19-38)52(37-42)57(50-29-13-10-24-43(50)41-32-34-48-47-26-12-15-31-53(47)58-54(48)36-41)51-30-14-11-25-46(51)49-28-17-23-40-22-16-27-45(55(40)49)39-20-8-5-9-21-39/h4-37H,1-3H3. The highest BCUT2D eigenvalue weighted by Gasteiger charge is 2.26. The molecule has 0 atom stereocenters. The van der Waals surface area contributed by atoms with Gasteiger partial charge in [0.05, 0.1) is 17.1 Å². The molecule has 10 aromatic rings. The Balaban J connectivity index is 1.28. The smallest absolute Gasteiger partial charge is 0.136 e. The minimum atomic E-state index is -0.0821. The summed E-state index contributed by atoms with van der Waals surface area (Å²) in [5.74, 6) is 0. The van der Waals surface area contributed by atoms with Gasteiger partial charge in [0.15, 0.2) is 0 Å². The van der Waals surface area contributed by atoms with Gasteiger partial charge < -0.3 is 9.32 Å². The van der Waals surface area contributed by atoms with Gasteiger partial charge >= 0.3 is 0 Å². The van der Waals surface area contributed by atoms with Crippen LogP contribution >= 0.6 is 0 Å². The molecule has 0 unspecified atom stereocenters. The van der Waals surface area contributed by atoms with Crippen LogP contribution in [0.3, 0.4) is 0 Å². The van der Waals surface area contributed by atoms with Gasteiger partial charge in [-0.3, -0.25) is 0 Å². The van der Waals surface area contributed by atoms with Crippen LogP contribution in [0.1, 0.15) is 26.3 Å². The van der Waals surface area contributed by atoms with Crippen molar-refractivity contribution in [3.8, 4) is 44.5 Å².